The fraction of sp³-hybridized carbons (Fsp3) is 0.417. The van der Waals surface area contributed by atoms with Gasteiger partial charge in [-0.3, -0.25) is 4.72 Å². The Morgan fingerprint density at radius 2 is 1.90 bits per heavy atom. The van der Waals surface area contributed by atoms with Crippen LogP contribution < -0.4 is 4.72 Å². The summed E-state index contributed by atoms with van der Waals surface area (Å²) in [4.78, 5) is 5.97. The molecule has 1 saturated carbocycles. The van der Waals surface area contributed by atoms with Crippen LogP contribution in [0, 0.1) is 11.8 Å². The second-order valence-corrected chi connectivity index (χ2v) is 10.9. The van der Waals surface area contributed by atoms with E-state index < -0.39 is 10.0 Å². The Hall–Kier alpha value is -2.31. The van der Waals surface area contributed by atoms with Crippen molar-refractivity contribution >= 4 is 26.6 Å². The molecule has 1 aromatic heterocycles. The van der Waals surface area contributed by atoms with Crippen LogP contribution in [0.3, 0.4) is 0 Å². The van der Waals surface area contributed by atoms with Gasteiger partial charge in [0.2, 0.25) is 10.0 Å². The summed E-state index contributed by atoms with van der Waals surface area (Å²) in [7, 11) is -3.25. The second-order valence-electron chi connectivity index (χ2n) is 9.17. The number of hydrogen-bond donors (Lipinski definition) is 2. The minimum atomic E-state index is -3.25. The van der Waals surface area contributed by atoms with E-state index in [0.717, 1.165) is 26.1 Å². The van der Waals surface area contributed by atoms with E-state index >= 15 is 0 Å². The maximum Gasteiger partial charge on any atom is 0.229 e. The monoisotopic (exact) mass is 423 g/mol. The van der Waals surface area contributed by atoms with Crippen LogP contribution in [0.2, 0.25) is 0 Å². The summed E-state index contributed by atoms with van der Waals surface area (Å²) < 4.78 is 25.7. The number of likely N-dealkylation sites (tertiary alicyclic amines) is 1. The molecule has 5 rings (SSSR count). The van der Waals surface area contributed by atoms with Crippen molar-refractivity contribution in [2.75, 3.05) is 30.6 Å². The summed E-state index contributed by atoms with van der Waals surface area (Å²) in [5.41, 5.74) is 4.72. The third-order valence-electron chi connectivity index (χ3n) is 7.21. The smallest absolute Gasteiger partial charge is 0.229 e. The number of aromatic amines is 1. The number of nitrogens with one attached hydrogen (secondary N) is 2. The molecule has 2 fully saturated rings. The van der Waals surface area contributed by atoms with E-state index in [0.29, 0.717) is 17.5 Å². The number of nitrogens with zero attached hydrogens (tertiary/aromatic N) is 1. The van der Waals surface area contributed by atoms with Crippen LogP contribution in [0.1, 0.15) is 24.5 Å². The zero-order chi connectivity index (χ0) is 20.9. The fourth-order valence-electron chi connectivity index (χ4n) is 5.54. The lowest BCUT2D eigenvalue weighted by atomic mass is 9.92. The summed E-state index contributed by atoms with van der Waals surface area (Å²) in [5, 5.41) is 1.34. The maximum absolute atomic E-state index is 11.6. The molecule has 0 amide bonds. The molecule has 5 nitrogen and oxygen atoms in total. The SMILES string of the molecule is CC1(c2cccc(NS(C)(=O)=O)c2)C2CN(CCCc3c[nH]c4ccccc34)CC21. The van der Waals surface area contributed by atoms with Crippen molar-refractivity contribution in [2.24, 2.45) is 11.8 Å². The first-order valence-electron chi connectivity index (χ1n) is 10.7. The molecular formula is C24H29N3O2S. The van der Waals surface area contributed by atoms with E-state index in [-0.39, 0.29) is 5.41 Å². The first-order chi connectivity index (χ1) is 14.3. The molecule has 0 radical (unpaired) electrons. The summed E-state index contributed by atoms with van der Waals surface area (Å²) >= 11 is 0. The van der Waals surface area contributed by atoms with Crippen molar-refractivity contribution in [3.8, 4) is 0 Å². The highest BCUT2D eigenvalue weighted by molar-refractivity contribution is 7.92. The number of benzene rings is 2. The van der Waals surface area contributed by atoms with Crippen LogP contribution in [0.15, 0.2) is 54.7 Å². The normalized spacial score (nSPS) is 26.1. The highest BCUT2D eigenvalue weighted by Gasteiger charge is 2.65. The van der Waals surface area contributed by atoms with Crippen LogP contribution in [0.4, 0.5) is 5.69 Å². The lowest BCUT2D eigenvalue weighted by Gasteiger charge is -2.24. The molecule has 1 aliphatic carbocycles. The Bertz CT molecular complexity index is 1170. The lowest BCUT2D eigenvalue weighted by Crippen LogP contribution is -2.30. The van der Waals surface area contributed by atoms with E-state index in [2.05, 4.69) is 58.1 Å². The lowest BCUT2D eigenvalue weighted by molar-refractivity contribution is 0.274. The van der Waals surface area contributed by atoms with Crippen molar-refractivity contribution in [1.82, 2.24) is 9.88 Å². The van der Waals surface area contributed by atoms with Gasteiger partial charge in [-0.15, -0.1) is 0 Å². The Kier molecular flexibility index (Phi) is 4.67. The summed E-state index contributed by atoms with van der Waals surface area (Å²) in [5.74, 6) is 1.33. The minimum Gasteiger partial charge on any atom is -0.361 e. The molecule has 1 aliphatic heterocycles. The minimum absolute atomic E-state index is 0.169. The third kappa shape index (κ3) is 3.52. The largest absolute Gasteiger partial charge is 0.361 e. The van der Waals surface area contributed by atoms with Gasteiger partial charge < -0.3 is 9.88 Å². The quantitative estimate of drug-likeness (QED) is 0.604. The van der Waals surface area contributed by atoms with Gasteiger partial charge in [-0.1, -0.05) is 37.3 Å². The number of para-hydroxylation sites is 1. The number of piperidine rings is 1. The molecule has 6 heteroatoms. The van der Waals surface area contributed by atoms with Crippen LogP contribution in [0.25, 0.3) is 10.9 Å². The van der Waals surface area contributed by atoms with E-state index in [9.17, 15) is 8.42 Å². The predicted octanol–water partition coefficient (Wildman–Crippen LogP) is 3.99. The van der Waals surface area contributed by atoms with Crippen molar-refractivity contribution < 1.29 is 8.42 Å². The Labute approximate surface area is 178 Å². The Balaban J connectivity index is 1.17. The number of H-pyrrole nitrogens is 1. The zero-order valence-corrected chi connectivity index (χ0v) is 18.4. The van der Waals surface area contributed by atoms with Gasteiger partial charge in [0.05, 0.1) is 6.26 Å². The van der Waals surface area contributed by atoms with Crippen molar-refractivity contribution in [1.29, 1.82) is 0 Å². The molecule has 2 N–H and O–H groups in total. The van der Waals surface area contributed by atoms with Gasteiger partial charge in [-0.05, 0) is 60.5 Å². The molecule has 2 aliphatic rings. The molecule has 158 valence electrons. The van der Waals surface area contributed by atoms with Gasteiger partial charge in [-0.25, -0.2) is 8.42 Å². The van der Waals surface area contributed by atoms with Crippen LogP contribution >= 0.6 is 0 Å². The predicted molar refractivity (Wildman–Crippen MR) is 122 cm³/mol. The van der Waals surface area contributed by atoms with Gasteiger partial charge in [-0.2, -0.15) is 0 Å². The number of aromatic nitrogens is 1. The van der Waals surface area contributed by atoms with E-state index in [1.807, 2.05) is 18.2 Å². The number of rotatable bonds is 7. The third-order valence-corrected chi connectivity index (χ3v) is 7.82. The molecule has 2 unspecified atom stereocenters. The van der Waals surface area contributed by atoms with Crippen molar-refractivity contribution in [2.45, 2.75) is 25.2 Å². The molecule has 0 bridgehead atoms. The topological polar surface area (TPSA) is 65.2 Å². The molecule has 3 aromatic rings. The van der Waals surface area contributed by atoms with Crippen LogP contribution in [-0.2, 0) is 21.9 Å². The molecule has 0 spiro atoms. The zero-order valence-electron chi connectivity index (χ0n) is 17.6. The summed E-state index contributed by atoms with van der Waals surface area (Å²) in [6.45, 7) is 5.75. The molecule has 2 atom stereocenters. The number of aryl methyl sites for hydroxylation is 1. The van der Waals surface area contributed by atoms with Gasteiger partial charge in [0, 0.05) is 41.3 Å². The molecule has 2 aromatic carbocycles. The van der Waals surface area contributed by atoms with Gasteiger partial charge in [0.1, 0.15) is 0 Å². The van der Waals surface area contributed by atoms with Gasteiger partial charge in [0.15, 0.2) is 0 Å². The maximum atomic E-state index is 11.6. The summed E-state index contributed by atoms with van der Waals surface area (Å²) in [6, 6.07) is 16.5. The highest BCUT2D eigenvalue weighted by atomic mass is 32.2. The molecular weight excluding hydrogens is 394 g/mol. The Morgan fingerprint density at radius 1 is 1.13 bits per heavy atom. The second kappa shape index (κ2) is 7.13. The summed E-state index contributed by atoms with van der Waals surface area (Å²) in [6.07, 6.45) is 5.63. The van der Waals surface area contributed by atoms with E-state index in [4.69, 9.17) is 0 Å². The van der Waals surface area contributed by atoms with Crippen molar-refractivity contribution in [3.63, 3.8) is 0 Å². The Morgan fingerprint density at radius 3 is 2.67 bits per heavy atom. The first kappa shape index (κ1) is 19.6. The fourth-order valence-corrected chi connectivity index (χ4v) is 6.09. The molecule has 1 saturated heterocycles. The number of anilines is 1. The number of hydrogen-bond acceptors (Lipinski definition) is 3. The average molecular weight is 424 g/mol. The molecule has 30 heavy (non-hydrogen) atoms. The number of sulfonamides is 1. The van der Waals surface area contributed by atoms with Crippen molar-refractivity contribution in [3.05, 3.63) is 65.9 Å². The standard InChI is InChI=1S/C24H29N3O2S/c1-24(18-8-5-9-19(13-18)26-30(2,28)29)21-15-27(16-22(21)24)12-6-7-17-14-25-23-11-4-3-10-20(17)23/h3-5,8-11,13-14,21-22,25-26H,6-7,12,15-16H2,1-2H3. The van der Waals surface area contributed by atoms with E-state index in [1.54, 1.807) is 0 Å². The van der Waals surface area contributed by atoms with Crippen LogP contribution in [-0.4, -0.2) is 44.2 Å². The van der Waals surface area contributed by atoms with Gasteiger partial charge in [0.25, 0.3) is 0 Å². The van der Waals surface area contributed by atoms with E-state index in [1.165, 1.54) is 34.7 Å². The highest BCUT2D eigenvalue weighted by Crippen LogP contribution is 2.63. The number of fused-ring (bicyclic) bond motifs is 2. The van der Waals surface area contributed by atoms with Gasteiger partial charge >= 0.3 is 0 Å². The average Bonchev–Trinajstić information content (AvgIpc) is 3.08. The first-order valence-corrected chi connectivity index (χ1v) is 12.6. The van der Waals surface area contributed by atoms with Crippen LogP contribution in [0.5, 0.6) is 0 Å². The molecule has 2 heterocycles.